The van der Waals surface area contributed by atoms with E-state index in [1.54, 1.807) is 12.1 Å². The Hall–Kier alpha value is -1.29. The maximum atomic E-state index is 11.3. The second kappa shape index (κ2) is 4.92. The van der Waals surface area contributed by atoms with Crippen LogP contribution in [0, 0.1) is 0 Å². The Balaban J connectivity index is 2.20. The predicted molar refractivity (Wildman–Crippen MR) is 68.4 cm³/mol. The lowest BCUT2D eigenvalue weighted by atomic mass is 10.0. The summed E-state index contributed by atoms with van der Waals surface area (Å²) >= 11 is 0. The molecule has 92 valence electrons. The SMILES string of the molecule is CS(=O)(=O)c1ccc(C2CCCC=CN2)cc1. The van der Waals surface area contributed by atoms with E-state index in [1.165, 1.54) is 6.26 Å². The highest BCUT2D eigenvalue weighted by molar-refractivity contribution is 7.90. The third-order valence-corrected chi connectivity index (χ3v) is 4.12. The normalized spacial score (nSPS) is 20.6. The highest BCUT2D eigenvalue weighted by atomic mass is 32.2. The Morgan fingerprint density at radius 2 is 1.94 bits per heavy atom. The first-order valence-corrected chi connectivity index (χ1v) is 7.67. The van der Waals surface area contributed by atoms with Gasteiger partial charge in [-0.3, -0.25) is 0 Å². The van der Waals surface area contributed by atoms with Crippen LogP contribution < -0.4 is 5.32 Å². The summed E-state index contributed by atoms with van der Waals surface area (Å²) in [6.45, 7) is 0. The summed E-state index contributed by atoms with van der Waals surface area (Å²) in [5, 5.41) is 3.33. The molecule has 1 aliphatic heterocycles. The molecule has 2 rings (SSSR count). The molecule has 0 aliphatic carbocycles. The molecule has 3 nitrogen and oxygen atoms in total. The molecule has 0 fully saturated rings. The predicted octanol–water partition coefficient (Wildman–Crippen LogP) is 2.42. The van der Waals surface area contributed by atoms with E-state index in [-0.39, 0.29) is 0 Å². The first-order chi connectivity index (χ1) is 8.07. The fraction of sp³-hybridized carbons (Fsp3) is 0.385. The molecule has 0 aromatic heterocycles. The van der Waals surface area contributed by atoms with Crippen LogP contribution in [0.1, 0.15) is 30.9 Å². The summed E-state index contributed by atoms with van der Waals surface area (Å²) in [6, 6.07) is 7.45. The van der Waals surface area contributed by atoms with E-state index >= 15 is 0 Å². The molecule has 0 saturated heterocycles. The van der Waals surface area contributed by atoms with Gasteiger partial charge < -0.3 is 5.32 Å². The standard InChI is InChI=1S/C13H17NO2S/c1-17(15,16)12-8-6-11(7-9-12)13-5-3-2-4-10-14-13/h4,6-10,13-14H,2-3,5H2,1H3. The lowest BCUT2D eigenvalue weighted by Gasteiger charge is -2.16. The largest absolute Gasteiger partial charge is 0.384 e. The lowest BCUT2D eigenvalue weighted by molar-refractivity contribution is 0.565. The van der Waals surface area contributed by atoms with E-state index in [2.05, 4.69) is 11.4 Å². The summed E-state index contributed by atoms with van der Waals surface area (Å²) < 4.78 is 22.7. The summed E-state index contributed by atoms with van der Waals surface area (Å²) in [7, 11) is -3.09. The van der Waals surface area contributed by atoms with Crippen LogP contribution in [0.5, 0.6) is 0 Å². The van der Waals surface area contributed by atoms with Crippen molar-refractivity contribution in [3.63, 3.8) is 0 Å². The fourth-order valence-corrected chi connectivity index (χ4v) is 2.63. The molecule has 1 atom stereocenters. The number of nitrogens with one attached hydrogen (secondary N) is 1. The molecular formula is C13H17NO2S. The minimum atomic E-state index is -3.09. The van der Waals surface area contributed by atoms with Gasteiger partial charge in [0.25, 0.3) is 0 Å². The molecular weight excluding hydrogens is 234 g/mol. The van der Waals surface area contributed by atoms with E-state index in [0.29, 0.717) is 10.9 Å². The van der Waals surface area contributed by atoms with Crippen molar-refractivity contribution in [3.05, 3.63) is 42.1 Å². The zero-order valence-electron chi connectivity index (χ0n) is 9.89. The Kier molecular flexibility index (Phi) is 3.52. The molecule has 1 unspecified atom stereocenters. The number of benzene rings is 1. The monoisotopic (exact) mass is 251 g/mol. The minimum Gasteiger partial charge on any atom is -0.384 e. The molecule has 17 heavy (non-hydrogen) atoms. The Morgan fingerprint density at radius 1 is 1.24 bits per heavy atom. The van der Waals surface area contributed by atoms with Crippen LogP contribution in [-0.4, -0.2) is 14.7 Å². The van der Waals surface area contributed by atoms with Gasteiger partial charge in [0.15, 0.2) is 9.84 Å². The quantitative estimate of drug-likeness (QED) is 0.878. The van der Waals surface area contributed by atoms with E-state index in [0.717, 1.165) is 24.8 Å². The first kappa shape index (κ1) is 12.2. The summed E-state index contributed by atoms with van der Waals surface area (Å²) in [4.78, 5) is 0.380. The van der Waals surface area contributed by atoms with E-state index in [4.69, 9.17) is 0 Å². The smallest absolute Gasteiger partial charge is 0.175 e. The van der Waals surface area contributed by atoms with Gasteiger partial charge >= 0.3 is 0 Å². The molecule has 0 spiro atoms. The van der Waals surface area contributed by atoms with Crippen LogP contribution in [0.2, 0.25) is 0 Å². The molecule has 1 aliphatic rings. The number of hydrogen-bond donors (Lipinski definition) is 1. The van der Waals surface area contributed by atoms with Crippen LogP contribution in [0.25, 0.3) is 0 Å². The summed E-state index contributed by atoms with van der Waals surface area (Å²) in [6.07, 6.45) is 8.68. The van der Waals surface area contributed by atoms with Crippen molar-refractivity contribution in [1.29, 1.82) is 0 Å². The van der Waals surface area contributed by atoms with Gasteiger partial charge in [0, 0.05) is 6.26 Å². The third kappa shape index (κ3) is 3.09. The number of sulfone groups is 1. The zero-order chi connectivity index (χ0) is 12.3. The fourth-order valence-electron chi connectivity index (χ4n) is 2.00. The molecule has 0 radical (unpaired) electrons. The van der Waals surface area contributed by atoms with Crippen LogP contribution >= 0.6 is 0 Å². The molecule has 1 aromatic carbocycles. The average Bonchev–Trinajstić information content (AvgIpc) is 2.56. The van der Waals surface area contributed by atoms with Crippen LogP contribution in [0.4, 0.5) is 0 Å². The zero-order valence-corrected chi connectivity index (χ0v) is 10.7. The Labute approximate surface area is 102 Å². The van der Waals surface area contributed by atoms with E-state index in [1.807, 2.05) is 18.3 Å². The first-order valence-electron chi connectivity index (χ1n) is 5.78. The third-order valence-electron chi connectivity index (χ3n) is 2.99. The molecule has 1 aromatic rings. The molecule has 1 N–H and O–H groups in total. The average molecular weight is 251 g/mol. The van der Waals surface area contributed by atoms with Crippen molar-refractivity contribution >= 4 is 9.84 Å². The van der Waals surface area contributed by atoms with Crippen LogP contribution in [-0.2, 0) is 9.84 Å². The second-order valence-corrected chi connectivity index (χ2v) is 6.41. The number of hydrogen-bond acceptors (Lipinski definition) is 3. The van der Waals surface area contributed by atoms with Gasteiger partial charge in [0.2, 0.25) is 0 Å². The molecule has 0 bridgehead atoms. The van der Waals surface area contributed by atoms with Gasteiger partial charge in [-0.05, 0) is 43.2 Å². The molecule has 0 saturated carbocycles. The van der Waals surface area contributed by atoms with E-state index < -0.39 is 9.84 Å². The molecule has 1 heterocycles. The second-order valence-electron chi connectivity index (χ2n) is 4.39. The molecule has 0 amide bonds. The number of allylic oxidation sites excluding steroid dienone is 1. The van der Waals surface area contributed by atoms with Crippen molar-refractivity contribution in [3.8, 4) is 0 Å². The highest BCUT2D eigenvalue weighted by Gasteiger charge is 2.12. The van der Waals surface area contributed by atoms with Gasteiger partial charge in [-0.1, -0.05) is 18.2 Å². The van der Waals surface area contributed by atoms with Gasteiger partial charge in [-0.25, -0.2) is 8.42 Å². The van der Waals surface area contributed by atoms with Gasteiger partial charge in [0.05, 0.1) is 10.9 Å². The molecule has 4 heteroatoms. The summed E-state index contributed by atoms with van der Waals surface area (Å²) in [5.41, 5.74) is 1.14. The van der Waals surface area contributed by atoms with Gasteiger partial charge in [0.1, 0.15) is 0 Å². The Morgan fingerprint density at radius 3 is 2.59 bits per heavy atom. The van der Waals surface area contributed by atoms with Crippen LogP contribution in [0.15, 0.2) is 41.4 Å². The Bertz CT molecular complexity index is 503. The van der Waals surface area contributed by atoms with Crippen molar-refractivity contribution < 1.29 is 8.42 Å². The minimum absolute atomic E-state index is 0.294. The topological polar surface area (TPSA) is 46.2 Å². The highest BCUT2D eigenvalue weighted by Crippen LogP contribution is 2.23. The maximum Gasteiger partial charge on any atom is 0.175 e. The van der Waals surface area contributed by atoms with Gasteiger partial charge in [-0.2, -0.15) is 0 Å². The van der Waals surface area contributed by atoms with E-state index in [9.17, 15) is 8.42 Å². The van der Waals surface area contributed by atoms with Crippen LogP contribution in [0.3, 0.4) is 0 Å². The number of rotatable bonds is 2. The van der Waals surface area contributed by atoms with Crippen molar-refractivity contribution in [2.75, 3.05) is 6.26 Å². The van der Waals surface area contributed by atoms with Crippen molar-refractivity contribution in [1.82, 2.24) is 5.32 Å². The van der Waals surface area contributed by atoms with Crippen molar-refractivity contribution in [2.45, 2.75) is 30.2 Å². The van der Waals surface area contributed by atoms with Crippen molar-refractivity contribution in [2.24, 2.45) is 0 Å². The lowest BCUT2D eigenvalue weighted by Crippen LogP contribution is -2.14. The summed E-state index contributed by atoms with van der Waals surface area (Å²) in [5.74, 6) is 0. The maximum absolute atomic E-state index is 11.3. The van der Waals surface area contributed by atoms with Gasteiger partial charge in [-0.15, -0.1) is 0 Å².